The average molecular weight is 417 g/mol. The molecule has 1 aliphatic rings. The van der Waals surface area contributed by atoms with Crippen molar-refractivity contribution in [3.05, 3.63) is 59.2 Å². The number of carbonyl (C=O) groups is 1. The first-order valence-electron chi connectivity index (χ1n) is 9.80. The van der Waals surface area contributed by atoms with E-state index in [0.717, 1.165) is 12.3 Å². The molecule has 0 N–H and O–H groups in total. The molecule has 2 aromatic rings. The predicted molar refractivity (Wildman–Crippen MR) is 113 cm³/mol. The predicted octanol–water partition coefficient (Wildman–Crippen LogP) is 2.89. The number of sulfonamides is 1. The van der Waals surface area contributed by atoms with E-state index in [1.165, 1.54) is 34.5 Å². The van der Waals surface area contributed by atoms with Crippen LogP contribution >= 0.6 is 0 Å². The molecule has 0 amide bonds. The van der Waals surface area contributed by atoms with E-state index < -0.39 is 10.0 Å². The van der Waals surface area contributed by atoms with Crippen molar-refractivity contribution in [2.24, 2.45) is 0 Å². The molecule has 2 aromatic carbocycles. The van der Waals surface area contributed by atoms with Crippen LogP contribution in [0.15, 0.2) is 47.4 Å². The molecule has 1 heterocycles. The van der Waals surface area contributed by atoms with Gasteiger partial charge < -0.3 is 4.74 Å². The van der Waals surface area contributed by atoms with Crippen LogP contribution in [-0.4, -0.2) is 62.7 Å². The lowest BCUT2D eigenvalue weighted by Crippen LogP contribution is -2.49. The highest BCUT2D eigenvalue weighted by atomic mass is 32.2. The number of benzene rings is 2. The molecule has 0 aromatic heterocycles. The molecule has 0 spiro atoms. The first-order chi connectivity index (χ1) is 13.8. The van der Waals surface area contributed by atoms with Gasteiger partial charge in [-0.2, -0.15) is 4.31 Å². The van der Waals surface area contributed by atoms with Gasteiger partial charge in [0.05, 0.1) is 4.90 Å². The maximum Gasteiger partial charge on any atom is 0.243 e. The fourth-order valence-electron chi connectivity index (χ4n) is 3.51. The van der Waals surface area contributed by atoms with E-state index in [4.69, 9.17) is 4.74 Å². The van der Waals surface area contributed by atoms with Crippen molar-refractivity contribution in [3.63, 3.8) is 0 Å². The topological polar surface area (TPSA) is 66.9 Å². The second kappa shape index (κ2) is 9.07. The van der Waals surface area contributed by atoms with Crippen LogP contribution in [0.3, 0.4) is 0 Å². The summed E-state index contributed by atoms with van der Waals surface area (Å²) in [5.41, 5.74) is 2.86. The Hall–Kier alpha value is -2.22. The summed E-state index contributed by atoms with van der Waals surface area (Å²) in [6.45, 7) is 9.12. The van der Waals surface area contributed by atoms with Crippen LogP contribution < -0.4 is 4.74 Å². The lowest BCUT2D eigenvalue weighted by atomic mass is 10.1. The molecule has 0 bridgehead atoms. The van der Waals surface area contributed by atoms with Crippen molar-refractivity contribution in [1.29, 1.82) is 0 Å². The van der Waals surface area contributed by atoms with Crippen molar-refractivity contribution < 1.29 is 17.9 Å². The van der Waals surface area contributed by atoms with Gasteiger partial charge in [-0.3, -0.25) is 9.69 Å². The Morgan fingerprint density at radius 3 is 2.10 bits per heavy atom. The van der Waals surface area contributed by atoms with Crippen LogP contribution in [-0.2, 0) is 10.0 Å². The van der Waals surface area contributed by atoms with Crippen LogP contribution in [0.4, 0.5) is 0 Å². The molecule has 29 heavy (non-hydrogen) atoms. The third-order valence-electron chi connectivity index (χ3n) is 5.10. The molecular formula is C22H28N2O4S. The number of ether oxygens (including phenoxy) is 1. The molecule has 1 fully saturated rings. The highest BCUT2D eigenvalue weighted by Crippen LogP contribution is 2.19. The molecular weight excluding hydrogens is 388 g/mol. The van der Waals surface area contributed by atoms with Crippen LogP contribution in [0.25, 0.3) is 0 Å². The number of ketones is 1. The van der Waals surface area contributed by atoms with Gasteiger partial charge in [0.1, 0.15) is 12.4 Å². The Morgan fingerprint density at radius 2 is 1.55 bits per heavy atom. The highest BCUT2D eigenvalue weighted by Gasteiger charge is 2.28. The molecule has 0 atom stereocenters. The van der Waals surface area contributed by atoms with Crippen LogP contribution in [0, 0.1) is 13.8 Å². The largest absolute Gasteiger partial charge is 0.492 e. The summed E-state index contributed by atoms with van der Waals surface area (Å²) >= 11 is 0. The Bertz CT molecular complexity index is 943. The zero-order valence-corrected chi connectivity index (χ0v) is 18.0. The number of hydrogen-bond donors (Lipinski definition) is 0. The van der Waals surface area contributed by atoms with E-state index in [9.17, 15) is 13.2 Å². The molecule has 0 saturated carbocycles. The summed E-state index contributed by atoms with van der Waals surface area (Å²) in [6, 6.07) is 12.3. The Balaban J connectivity index is 1.51. The summed E-state index contributed by atoms with van der Waals surface area (Å²) in [6.07, 6.45) is 0. The highest BCUT2D eigenvalue weighted by molar-refractivity contribution is 7.89. The zero-order chi connectivity index (χ0) is 21.0. The summed E-state index contributed by atoms with van der Waals surface area (Å²) in [5, 5.41) is 0. The first-order valence-corrected chi connectivity index (χ1v) is 11.2. The van der Waals surface area contributed by atoms with E-state index >= 15 is 0 Å². The standard InChI is InChI=1S/C22H28N2O4S/c1-17-14-18(2)16-21(15-17)28-13-12-23-8-10-24(11-9-23)29(26,27)22-6-4-20(5-7-22)19(3)25/h4-7,14-16H,8-13H2,1-3H3. The van der Waals surface area contributed by atoms with E-state index in [1.807, 2.05) is 26.0 Å². The minimum Gasteiger partial charge on any atom is -0.492 e. The van der Waals surface area contributed by atoms with Crippen molar-refractivity contribution >= 4 is 15.8 Å². The quantitative estimate of drug-likeness (QED) is 0.650. The molecule has 3 rings (SSSR count). The van der Waals surface area contributed by atoms with Gasteiger partial charge in [0.25, 0.3) is 0 Å². The summed E-state index contributed by atoms with van der Waals surface area (Å²) < 4.78 is 33.0. The third kappa shape index (κ3) is 5.44. The summed E-state index contributed by atoms with van der Waals surface area (Å²) in [5.74, 6) is 0.795. The maximum absolute atomic E-state index is 12.8. The third-order valence-corrected chi connectivity index (χ3v) is 7.01. The summed E-state index contributed by atoms with van der Waals surface area (Å²) in [7, 11) is -3.54. The fraction of sp³-hybridized carbons (Fsp3) is 0.409. The number of piperazine rings is 1. The van der Waals surface area contributed by atoms with Gasteiger partial charge in [-0.15, -0.1) is 0 Å². The second-order valence-electron chi connectivity index (χ2n) is 7.50. The van der Waals surface area contributed by atoms with Gasteiger partial charge in [-0.1, -0.05) is 18.2 Å². The molecule has 7 heteroatoms. The molecule has 0 aliphatic carbocycles. The average Bonchev–Trinajstić information content (AvgIpc) is 2.68. The van der Waals surface area contributed by atoms with E-state index in [0.29, 0.717) is 38.3 Å². The number of Topliss-reactive ketones (excluding diaryl/α,β-unsaturated/α-hetero) is 1. The van der Waals surface area contributed by atoms with Crippen LogP contribution in [0.5, 0.6) is 5.75 Å². The maximum atomic E-state index is 12.8. The van der Waals surface area contributed by atoms with E-state index in [1.54, 1.807) is 12.1 Å². The normalized spacial score (nSPS) is 16.0. The number of carbonyl (C=O) groups excluding carboxylic acids is 1. The van der Waals surface area contributed by atoms with Crippen molar-refractivity contribution in [1.82, 2.24) is 9.21 Å². The lowest BCUT2D eigenvalue weighted by Gasteiger charge is -2.33. The van der Waals surface area contributed by atoms with E-state index in [-0.39, 0.29) is 10.7 Å². The molecule has 0 radical (unpaired) electrons. The Labute approximate surface area is 173 Å². The summed E-state index contributed by atoms with van der Waals surface area (Å²) in [4.78, 5) is 13.8. The van der Waals surface area contributed by atoms with Crippen LogP contribution in [0.1, 0.15) is 28.4 Å². The van der Waals surface area contributed by atoms with Gasteiger partial charge in [-0.05, 0) is 56.2 Å². The zero-order valence-electron chi connectivity index (χ0n) is 17.2. The van der Waals surface area contributed by atoms with Gasteiger partial charge in [-0.25, -0.2) is 8.42 Å². The smallest absolute Gasteiger partial charge is 0.243 e. The van der Waals surface area contributed by atoms with Gasteiger partial charge in [0.2, 0.25) is 10.0 Å². The van der Waals surface area contributed by atoms with E-state index in [2.05, 4.69) is 11.0 Å². The molecule has 0 unspecified atom stereocenters. The van der Waals surface area contributed by atoms with Crippen molar-refractivity contribution in [2.75, 3.05) is 39.3 Å². The second-order valence-corrected chi connectivity index (χ2v) is 9.44. The van der Waals surface area contributed by atoms with Gasteiger partial charge >= 0.3 is 0 Å². The monoisotopic (exact) mass is 416 g/mol. The minimum atomic E-state index is -3.54. The molecule has 156 valence electrons. The van der Waals surface area contributed by atoms with Gasteiger partial charge in [0.15, 0.2) is 5.78 Å². The first kappa shape index (κ1) is 21.5. The van der Waals surface area contributed by atoms with Crippen molar-refractivity contribution in [3.8, 4) is 5.75 Å². The number of rotatable bonds is 7. The molecule has 1 saturated heterocycles. The SMILES string of the molecule is CC(=O)c1ccc(S(=O)(=O)N2CCN(CCOc3cc(C)cc(C)c3)CC2)cc1. The number of aryl methyl sites for hydroxylation is 2. The molecule has 6 nitrogen and oxygen atoms in total. The molecule has 1 aliphatic heterocycles. The van der Waals surface area contributed by atoms with Crippen LogP contribution in [0.2, 0.25) is 0 Å². The Kier molecular flexibility index (Phi) is 6.72. The fourth-order valence-corrected chi connectivity index (χ4v) is 4.94. The minimum absolute atomic E-state index is 0.0781. The lowest BCUT2D eigenvalue weighted by molar-refractivity contribution is 0.101. The van der Waals surface area contributed by atoms with Crippen molar-refractivity contribution in [2.45, 2.75) is 25.7 Å². The Morgan fingerprint density at radius 1 is 0.966 bits per heavy atom. The number of nitrogens with zero attached hydrogens (tertiary/aromatic N) is 2. The number of hydrogen-bond acceptors (Lipinski definition) is 5. The van der Waals surface area contributed by atoms with Gasteiger partial charge in [0, 0.05) is 38.3 Å².